The highest BCUT2D eigenvalue weighted by atomic mass is 16.4. The van der Waals surface area contributed by atoms with Crippen LogP contribution in [0.4, 0.5) is 0 Å². The van der Waals surface area contributed by atoms with E-state index in [2.05, 4.69) is 5.10 Å². The van der Waals surface area contributed by atoms with Crippen LogP contribution in [0.5, 0.6) is 0 Å². The first-order valence-electron chi connectivity index (χ1n) is 6.81. The van der Waals surface area contributed by atoms with E-state index in [4.69, 9.17) is 0 Å². The predicted octanol–water partition coefficient (Wildman–Crippen LogP) is 2.70. The lowest BCUT2D eigenvalue weighted by Crippen LogP contribution is -2.27. The van der Waals surface area contributed by atoms with Gasteiger partial charge in [-0.3, -0.25) is 4.79 Å². The van der Waals surface area contributed by atoms with Gasteiger partial charge in [-0.25, -0.2) is 4.79 Å². The van der Waals surface area contributed by atoms with Gasteiger partial charge in [0, 0.05) is 5.39 Å². The standard InChI is InChI=1S/C17H14N2O3/c1-10-3-6-12(7-4-10)19-16(20)15(17(21)22)13-9-11(2)5-8-14(13)18-19/h3-9H,1-2H3,(H,21,22). The van der Waals surface area contributed by atoms with E-state index in [1.807, 2.05) is 32.0 Å². The van der Waals surface area contributed by atoms with Crippen LogP contribution in [-0.2, 0) is 0 Å². The Morgan fingerprint density at radius 3 is 2.32 bits per heavy atom. The highest BCUT2D eigenvalue weighted by Gasteiger charge is 2.18. The molecule has 110 valence electrons. The molecule has 0 aliphatic heterocycles. The van der Waals surface area contributed by atoms with Gasteiger partial charge in [0.1, 0.15) is 5.56 Å². The molecule has 0 fully saturated rings. The summed E-state index contributed by atoms with van der Waals surface area (Å²) in [5.41, 5.74) is 2.06. The molecule has 5 heteroatoms. The molecule has 0 spiro atoms. The molecule has 3 aromatic rings. The normalized spacial score (nSPS) is 10.8. The van der Waals surface area contributed by atoms with Crippen LogP contribution in [0.1, 0.15) is 21.5 Å². The third-order valence-corrected chi connectivity index (χ3v) is 3.53. The molecule has 0 atom stereocenters. The minimum atomic E-state index is -1.25. The number of carbonyl (C=O) groups is 1. The maximum absolute atomic E-state index is 12.5. The van der Waals surface area contributed by atoms with Gasteiger partial charge >= 0.3 is 5.97 Å². The van der Waals surface area contributed by atoms with Crippen LogP contribution in [0.25, 0.3) is 16.6 Å². The molecular formula is C17H14N2O3. The molecule has 0 unspecified atom stereocenters. The zero-order valence-electron chi connectivity index (χ0n) is 12.2. The minimum Gasteiger partial charge on any atom is -0.477 e. The SMILES string of the molecule is Cc1ccc(-n2nc3ccc(C)cc3c(C(=O)O)c2=O)cc1. The molecule has 0 saturated carbocycles. The Hall–Kier alpha value is -2.95. The second kappa shape index (κ2) is 5.11. The topological polar surface area (TPSA) is 72.2 Å². The lowest BCUT2D eigenvalue weighted by atomic mass is 10.1. The number of carboxylic acids is 1. The van der Waals surface area contributed by atoms with Crippen molar-refractivity contribution in [3.05, 3.63) is 69.5 Å². The Kier molecular flexibility index (Phi) is 3.25. The van der Waals surface area contributed by atoms with Crippen LogP contribution < -0.4 is 5.56 Å². The summed E-state index contributed by atoms with van der Waals surface area (Å²) in [5.74, 6) is -1.25. The molecule has 1 heterocycles. The molecule has 2 aromatic carbocycles. The Morgan fingerprint density at radius 2 is 1.68 bits per heavy atom. The van der Waals surface area contributed by atoms with E-state index in [0.717, 1.165) is 15.8 Å². The van der Waals surface area contributed by atoms with Crippen molar-refractivity contribution in [2.75, 3.05) is 0 Å². The number of aryl methyl sites for hydroxylation is 2. The van der Waals surface area contributed by atoms with E-state index in [-0.39, 0.29) is 5.56 Å². The van der Waals surface area contributed by atoms with Crippen molar-refractivity contribution in [1.82, 2.24) is 9.78 Å². The molecule has 0 aliphatic rings. The monoisotopic (exact) mass is 294 g/mol. The van der Waals surface area contributed by atoms with E-state index in [9.17, 15) is 14.7 Å². The van der Waals surface area contributed by atoms with Crippen molar-refractivity contribution < 1.29 is 9.90 Å². The number of nitrogens with zero attached hydrogens (tertiary/aromatic N) is 2. The molecule has 22 heavy (non-hydrogen) atoms. The highest BCUT2D eigenvalue weighted by Crippen LogP contribution is 2.17. The van der Waals surface area contributed by atoms with Crippen molar-refractivity contribution in [1.29, 1.82) is 0 Å². The smallest absolute Gasteiger partial charge is 0.342 e. The van der Waals surface area contributed by atoms with Crippen molar-refractivity contribution in [2.45, 2.75) is 13.8 Å². The summed E-state index contributed by atoms with van der Waals surface area (Å²) in [6.45, 7) is 3.78. The fraction of sp³-hybridized carbons (Fsp3) is 0.118. The quantitative estimate of drug-likeness (QED) is 0.788. The summed E-state index contributed by atoms with van der Waals surface area (Å²) in [7, 11) is 0. The molecule has 0 amide bonds. The summed E-state index contributed by atoms with van der Waals surface area (Å²) >= 11 is 0. The third kappa shape index (κ3) is 2.26. The Morgan fingerprint density at radius 1 is 1.05 bits per heavy atom. The third-order valence-electron chi connectivity index (χ3n) is 3.53. The molecule has 0 radical (unpaired) electrons. The van der Waals surface area contributed by atoms with Crippen LogP contribution >= 0.6 is 0 Å². The number of benzene rings is 2. The number of hydrogen-bond acceptors (Lipinski definition) is 3. The van der Waals surface area contributed by atoms with Gasteiger partial charge in [-0.2, -0.15) is 9.78 Å². The van der Waals surface area contributed by atoms with Crippen LogP contribution in [0.15, 0.2) is 47.3 Å². The summed E-state index contributed by atoms with van der Waals surface area (Å²) in [6, 6.07) is 12.4. The Labute approximate surface area is 126 Å². The number of hydrogen-bond donors (Lipinski definition) is 1. The van der Waals surface area contributed by atoms with Crippen molar-refractivity contribution in [3.8, 4) is 5.69 Å². The number of aromatic carboxylic acids is 1. The lowest BCUT2D eigenvalue weighted by molar-refractivity contribution is 0.0696. The number of rotatable bonds is 2. The van der Waals surface area contributed by atoms with Crippen LogP contribution in [0.2, 0.25) is 0 Å². The van der Waals surface area contributed by atoms with Gasteiger partial charge < -0.3 is 5.11 Å². The first-order chi connectivity index (χ1) is 10.5. The predicted molar refractivity (Wildman–Crippen MR) is 83.8 cm³/mol. The van der Waals surface area contributed by atoms with E-state index >= 15 is 0 Å². The van der Waals surface area contributed by atoms with Gasteiger partial charge in [0.25, 0.3) is 5.56 Å². The van der Waals surface area contributed by atoms with Crippen molar-refractivity contribution >= 4 is 16.9 Å². The Balaban J connectivity index is 2.40. The van der Waals surface area contributed by atoms with E-state index in [1.165, 1.54) is 0 Å². The zero-order valence-corrected chi connectivity index (χ0v) is 12.2. The maximum atomic E-state index is 12.5. The second-order valence-corrected chi connectivity index (χ2v) is 5.25. The zero-order chi connectivity index (χ0) is 15.9. The number of fused-ring (bicyclic) bond motifs is 1. The Bertz CT molecular complexity index is 941. The first-order valence-corrected chi connectivity index (χ1v) is 6.81. The van der Waals surface area contributed by atoms with Gasteiger partial charge in [0.15, 0.2) is 0 Å². The fourth-order valence-electron chi connectivity index (χ4n) is 2.38. The molecule has 1 aromatic heterocycles. The van der Waals surface area contributed by atoms with Crippen LogP contribution in [0.3, 0.4) is 0 Å². The molecule has 0 aliphatic carbocycles. The summed E-state index contributed by atoms with van der Waals surface area (Å²) in [4.78, 5) is 24.1. The second-order valence-electron chi connectivity index (χ2n) is 5.25. The molecule has 3 rings (SSSR count). The van der Waals surface area contributed by atoms with Gasteiger partial charge in [-0.1, -0.05) is 29.3 Å². The minimum absolute atomic E-state index is 0.255. The molecule has 0 saturated heterocycles. The largest absolute Gasteiger partial charge is 0.477 e. The molecule has 5 nitrogen and oxygen atoms in total. The van der Waals surface area contributed by atoms with Gasteiger partial charge in [-0.15, -0.1) is 0 Å². The molecular weight excluding hydrogens is 280 g/mol. The van der Waals surface area contributed by atoms with E-state index in [0.29, 0.717) is 16.6 Å². The van der Waals surface area contributed by atoms with Crippen LogP contribution in [0, 0.1) is 13.8 Å². The van der Waals surface area contributed by atoms with Crippen LogP contribution in [-0.4, -0.2) is 20.9 Å². The first kappa shape index (κ1) is 14.0. The van der Waals surface area contributed by atoms with Gasteiger partial charge in [0.2, 0.25) is 0 Å². The highest BCUT2D eigenvalue weighted by molar-refractivity contribution is 6.02. The lowest BCUT2D eigenvalue weighted by Gasteiger charge is -2.09. The molecule has 0 bridgehead atoms. The van der Waals surface area contributed by atoms with Gasteiger partial charge in [-0.05, 0) is 38.1 Å². The maximum Gasteiger partial charge on any atom is 0.342 e. The van der Waals surface area contributed by atoms with E-state index in [1.54, 1.807) is 24.3 Å². The number of aromatic nitrogens is 2. The average molecular weight is 294 g/mol. The number of carboxylic acid groups (broad SMARTS) is 1. The summed E-state index contributed by atoms with van der Waals surface area (Å²) in [5, 5.41) is 14.1. The van der Waals surface area contributed by atoms with Crippen molar-refractivity contribution in [3.63, 3.8) is 0 Å². The fourth-order valence-corrected chi connectivity index (χ4v) is 2.38. The van der Waals surface area contributed by atoms with E-state index < -0.39 is 11.5 Å². The average Bonchev–Trinajstić information content (AvgIpc) is 2.47. The van der Waals surface area contributed by atoms with Gasteiger partial charge in [0.05, 0.1) is 11.2 Å². The molecule has 1 N–H and O–H groups in total. The summed E-state index contributed by atoms with van der Waals surface area (Å²) < 4.78 is 1.14. The van der Waals surface area contributed by atoms with Crippen molar-refractivity contribution in [2.24, 2.45) is 0 Å². The summed E-state index contributed by atoms with van der Waals surface area (Å²) in [6.07, 6.45) is 0.